The monoisotopic (exact) mass is 230 g/mol. The third-order valence-corrected chi connectivity index (χ3v) is 2.64. The first-order chi connectivity index (χ1) is 7.43. The van der Waals surface area contributed by atoms with E-state index in [-0.39, 0.29) is 5.60 Å². The van der Waals surface area contributed by atoms with E-state index < -0.39 is 18.0 Å². The van der Waals surface area contributed by atoms with Gasteiger partial charge in [0.2, 0.25) is 0 Å². The van der Waals surface area contributed by atoms with E-state index in [2.05, 4.69) is 10.6 Å². The van der Waals surface area contributed by atoms with Crippen LogP contribution in [-0.4, -0.2) is 41.9 Å². The van der Waals surface area contributed by atoms with Gasteiger partial charge in [-0.25, -0.2) is 4.79 Å². The van der Waals surface area contributed by atoms with Crippen LogP contribution in [0, 0.1) is 0 Å². The molecule has 2 amide bonds. The van der Waals surface area contributed by atoms with Crippen molar-refractivity contribution >= 4 is 12.0 Å². The molecule has 0 aromatic rings. The van der Waals surface area contributed by atoms with E-state index >= 15 is 0 Å². The van der Waals surface area contributed by atoms with E-state index in [4.69, 9.17) is 9.84 Å². The van der Waals surface area contributed by atoms with Crippen LogP contribution in [0.2, 0.25) is 0 Å². The van der Waals surface area contributed by atoms with Gasteiger partial charge in [-0.15, -0.1) is 0 Å². The van der Waals surface area contributed by atoms with Crippen molar-refractivity contribution in [2.45, 2.75) is 38.3 Å². The fourth-order valence-corrected chi connectivity index (χ4v) is 1.55. The Balaban J connectivity index is 2.27. The molecular formula is C10H18N2O4. The smallest absolute Gasteiger partial charge is 0.325 e. The highest BCUT2D eigenvalue weighted by Crippen LogP contribution is 2.23. The summed E-state index contributed by atoms with van der Waals surface area (Å²) in [5.74, 6) is -1.06. The van der Waals surface area contributed by atoms with Crippen molar-refractivity contribution in [3.05, 3.63) is 0 Å². The zero-order valence-corrected chi connectivity index (χ0v) is 9.58. The highest BCUT2D eigenvalue weighted by Gasteiger charge is 2.30. The Morgan fingerprint density at radius 1 is 1.56 bits per heavy atom. The summed E-state index contributed by atoms with van der Waals surface area (Å²) in [4.78, 5) is 21.8. The fourth-order valence-electron chi connectivity index (χ4n) is 1.55. The maximum Gasteiger partial charge on any atom is 0.325 e. The summed E-state index contributed by atoms with van der Waals surface area (Å²) < 4.78 is 5.48. The lowest BCUT2D eigenvalue weighted by atomic mass is 10.0. The largest absolute Gasteiger partial charge is 0.480 e. The van der Waals surface area contributed by atoms with Crippen molar-refractivity contribution in [3.8, 4) is 0 Å². The number of nitrogens with one attached hydrogen (secondary N) is 2. The van der Waals surface area contributed by atoms with E-state index in [0.717, 1.165) is 12.8 Å². The van der Waals surface area contributed by atoms with Gasteiger partial charge < -0.3 is 20.5 Å². The first kappa shape index (κ1) is 12.8. The van der Waals surface area contributed by atoms with Crippen molar-refractivity contribution < 1.29 is 19.4 Å². The Bertz CT molecular complexity index is 274. The molecule has 1 aliphatic heterocycles. The van der Waals surface area contributed by atoms with Crippen molar-refractivity contribution in [3.63, 3.8) is 0 Å². The Morgan fingerprint density at radius 2 is 2.25 bits per heavy atom. The molecule has 2 atom stereocenters. The minimum absolute atomic E-state index is 0.316. The molecule has 0 aliphatic carbocycles. The minimum atomic E-state index is -1.06. The number of urea groups is 1. The van der Waals surface area contributed by atoms with Crippen LogP contribution in [0.3, 0.4) is 0 Å². The highest BCUT2D eigenvalue weighted by molar-refractivity contribution is 5.82. The molecule has 1 heterocycles. The number of carboxylic acid groups (broad SMARTS) is 1. The van der Waals surface area contributed by atoms with Crippen LogP contribution in [-0.2, 0) is 9.53 Å². The predicted molar refractivity (Wildman–Crippen MR) is 57.2 cm³/mol. The van der Waals surface area contributed by atoms with Crippen LogP contribution in [0.5, 0.6) is 0 Å². The quantitative estimate of drug-likeness (QED) is 0.649. The molecule has 92 valence electrons. The first-order valence-electron chi connectivity index (χ1n) is 5.34. The molecule has 1 fully saturated rings. The molecule has 0 saturated carbocycles. The van der Waals surface area contributed by atoms with Crippen molar-refractivity contribution in [1.29, 1.82) is 0 Å². The number of rotatable bonds is 4. The molecule has 16 heavy (non-hydrogen) atoms. The summed E-state index contributed by atoms with van der Waals surface area (Å²) in [7, 11) is 0. The van der Waals surface area contributed by atoms with Gasteiger partial charge in [0, 0.05) is 13.2 Å². The van der Waals surface area contributed by atoms with Crippen molar-refractivity contribution in [2.75, 3.05) is 13.2 Å². The Kier molecular flexibility index (Phi) is 4.12. The zero-order chi connectivity index (χ0) is 12.2. The number of hydrogen-bond donors (Lipinski definition) is 3. The number of aliphatic carboxylic acids is 1. The molecule has 0 aromatic carbocycles. The average molecular weight is 230 g/mol. The molecule has 0 aromatic heterocycles. The molecule has 6 nitrogen and oxygen atoms in total. The molecule has 1 unspecified atom stereocenters. The van der Waals surface area contributed by atoms with Crippen LogP contribution in [0.25, 0.3) is 0 Å². The number of hydrogen-bond acceptors (Lipinski definition) is 3. The standard InChI is InChI=1S/C10H18N2O4/c1-7(8(13)14)12-9(15)11-6-10(2)4-3-5-16-10/h7H,3-6H2,1-2H3,(H,13,14)(H2,11,12,15)/t7-,10?/m0/s1. The number of carbonyl (C=O) groups is 2. The second-order valence-electron chi connectivity index (χ2n) is 4.29. The fraction of sp³-hybridized carbons (Fsp3) is 0.800. The second-order valence-corrected chi connectivity index (χ2v) is 4.29. The third-order valence-electron chi connectivity index (χ3n) is 2.64. The molecule has 1 aliphatic rings. The lowest BCUT2D eigenvalue weighted by Crippen LogP contribution is -2.48. The van der Waals surface area contributed by atoms with E-state index in [0.29, 0.717) is 13.2 Å². The first-order valence-corrected chi connectivity index (χ1v) is 5.34. The topological polar surface area (TPSA) is 87.7 Å². The summed E-state index contributed by atoms with van der Waals surface area (Å²) in [6.07, 6.45) is 1.90. The third kappa shape index (κ3) is 3.69. The number of ether oxygens (including phenoxy) is 1. The summed E-state index contributed by atoms with van der Waals surface area (Å²) in [5.41, 5.74) is -0.316. The van der Waals surface area contributed by atoms with Gasteiger partial charge in [0.1, 0.15) is 6.04 Å². The summed E-state index contributed by atoms with van der Waals surface area (Å²) in [6.45, 7) is 4.45. The average Bonchev–Trinajstić information content (AvgIpc) is 2.63. The maximum atomic E-state index is 11.3. The van der Waals surface area contributed by atoms with Crippen molar-refractivity contribution in [2.24, 2.45) is 0 Å². The van der Waals surface area contributed by atoms with Crippen LogP contribution in [0.1, 0.15) is 26.7 Å². The van der Waals surface area contributed by atoms with Gasteiger partial charge in [-0.3, -0.25) is 4.79 Å². The Morgan fingerprint density at radius 3 is 2.75 bits per heavy atom. The summed E-state index contributed by atoms with van der Waals surface area (Å²) >= 11 is 0. The van der Waals surface area contributed by atoms with E-state index in [1.165, 1.54) is 6.92 Å². The van der Waals surface area contributed by atoms with Crippen LogP contribution >= 0.6 is 0 Å². The molecular weight excluding hydrogens is 212 g/mol. The second kappa shape index (κ2) is 5.16. The van der Waals surface area contributed by atoms with Crippen molar-refractivity contribution in [1.82, 2.24) is 10.6 Å². The van der Waals surface area contributed by atoms with E-state index in [9.17, 15) is 9.59 Å². The van der Waals surface area contributed by atoms with Gasteiger partial charge in [0.15, 0.2) is 0 Å². The van der Waals surface area contributed by atoms with Gasteiger partial charge in [-0.05, 0) is 26.7 Å². The molecule has 0 bridgehead atoms. The molecule has 1 rings (SSSR count). The molecule has 1 saturated heterocycles. The maximum absolute atomic E-state index is 11.3. The number of carboxylic acids is 1. The minimum Gasteiger partial charge on any atom is -0.480 e. The number of carbonyl (C=O) groups excluding carboxylic acids is 1. The lowest BCUT2D eigenvalue weighted by molar-refractivity contribution is -0.138. The summed E-state index contributed by atoms with van der Waals surface area (Å²) in [5, 5.41) is 13.5. The van der Waals surface area contributed by atoms with E-state index in [1.54, 1.807) is 0 Å². The molecule has 3 N–H and O–H groups in total. The normalized spacial score (nSPS) is 26.1. The Hall–Kier alpha value is -1.30. The van der Waals surface area contributed by atoms with E-state index in [1.807, 2.05) is 6.92 Å². The summed E-state index contributed by atoms with van der Waals surface area (Å²) in [6, 6.07) is -1.37. The van der Waals surface area contributed by atoms with Crippen LogP contribution in [0.4, 0.5) is 4.79 Å². The van der Waals surface area contributed by atoms with Gasteiger partial charge >= 0.3 is 12.0 Å². The van der Waals surface area contributed by atoms with Gasteiger partial charge in [0.25, 0.3) is 0 Å². The molecule has 6 heteroatoms. The zero-order valence-electron chi connectivity index (χ0n) is 9.58. The van der Waals surface area contributed by atoms with Gasteiger partial charge in [-0.2, -0.15) is 0 Å². The predicted octanol–water partition coefficient (Wildman–Crippen LogP) is 0.328. The highest BCUT2D eigenvalue weighted by atomic mass is 16.5. The SMILES string of the molecule is C[C@H](NC(=O)NCC1(C)CCCO1)C(=O)O. The Labute approximate surface area is 94.3 Å². The lowest BCUT2D eigenvalue weighted by Gasteiger charge is -2.23. The van der Waals surface area contributed by atoms with Crippen LogP contribution < -0.4 is 10.6 Å². The molecule has 0 spiro atoms. The molecule has 0 radical (unpaired) electrons. The van der Waals surface area contributed by atoms with Gasteiger partial charge in [0.05, 0.1) is 5.60 Å². The number of amides is 2. The van der Waals surface area contributed by atoms with Crippen LogP contribution in [0.15, 0.2) is 0 Å². The van der Waals surface area contributed by atoms with Gasteiger partial charge in [-0.1, -0.05) is 0 Å².